The highest BCUT2D eigenvalue weighted by Gasteiger charge is 2.19. The molecule has 0 aromatic heterocycles. The number of rotatable bonds is 6. The molecule has 2 aromatic rings. The summed E-state index contributed by atoms with van der Waals surface area (Å²) in [7, 11) is -4.07. The van der Waals surface area contributed by atoms with E-state index in [2.05, 4.69) is 4.72 Å². The van der Waals surface area contributed by atoms with Crippen LogP contribution in [0.4, 0.5) is 4.39 Å². The number of carbonyl (C=O) groups excluding carboxylic acids is 1. The first-order chi connectivity index (χ1) is 10.8. The van der Waals surface area contributed by atoms with Crippen molar-refractivity contribution < 1.29 is 17.6 Å². The molecule has 0 bridgehead atoms. The van der Waals surface area contributed by atoms with Gasteiger partial charge in [-0.25, -0.2) is 17.5 Å². The molecule has 1 N–H and O–H groups in total. The Bertz CT molecular complexity index is 816. The number of nitrogens with one attached hydrogen (secondary N) is 1. The summed E-state index contributed by atoms with van der Waals surface area (Å²) in [5.41, 5.74) is 1.42. The molecule has 0 unspecified atom stereocenters. The van der Waals surface area contributed by atoms with Crippen molar-refractivity contribution in [2.45, 2.75) is 24.7 Å². The van der Waals surface area contributed by atoms with Crippen molar-refractivity contribution in [1.29, 1.82) is 0 Å². The van der Waals surface area contributed by atoms with E-state index in [9.17, 15) is 17.6 Å². The SMILES string of the molecule is CC(C)c1cccc(C(=O)CNS(=O)(=O)c2ccccc2F)c1. The molecule has 23 heavy (non-hydrogen) atoms. The summed E-state index contributed by atoms with van der Waals surface area (Å²) in [6.45, 7) is 3.59. The molecule has 0 amide bonds. The third-order valence-electron chi connectivity index (χ3n) is 3.42. The van der Waals surface area contributed by atoms with E-state index in [0.29, 0.717) is 5.56 Å². The number of benzene rings is 2. The Morgan fingerprint density at radius 3 is 2.48 bits per heavy atom. The molecule has 0 atom stereocenters. The first-order valence-electron chi connectivity index (χ1n) is 7.18. The number of halogens is 1. The minimum Gasteiger partial charge on any atom is -0.293 e. The third-order valence-corrected chi connectivity index (χ3v) is 4.86. The Kier molecular flexibility index (Phi) is 5.28. The van der Waals surface area contributed by atoms with Crippen molar-refractivity contribution in [1.82, 2.24) is 4.72 Å². The van der Waals surface area contributed by atoms with E-state index in [1.807, 2.05) is 19.9 Å². The van der Waals surface area contributed by atoms with Crippen molar-refractivity contribution in [3.63, 3.8) is 0 Å². The van der Waals surface area contributed by atoms with E-state index in [-0.39, 0.29) is 11.7 Å². The Morgan fingerprint density at radius 1 is 1.13 bits per heavy atom. The quantitative estimate of drug-likeness (QED) is 0.825. The predicted octanol–water partition coefficient (Wildman–Crippen LogP) is 3.11. The maximum Gasteiger partial charge on any atom is 0.243 e. The van der Waals surface area contributed by atoms with Crippen LogP contribution in [0.3, 0.4) is 0 Å². The smallest absolute Gasteiger partial charge is 0.243 e. The molecule has 0 heterocycles. The second-order valence-electron chi connectivity index (χ2n) is 5.46. The molecule has 0 saturated carbocycles. The van der Waals surface area contributed by atoms with Gasteiger partial charge in [0.25, 0.3) is 0 Å². The Morgan fingerprint density at radius 2 is 1.83 bits per heavy atom. The van der Waals surface area contributed by atoms with E-state index < -0.39 is 27.3 Å². The average Bonchev–Trinajstić information content (AvgIpc) is 2.53. The van der Waals surface area contributed by atoms with E-state index in [1.165, 1.54) is 12.1 Å². The molecule has 4 nitrogen and oxygen atoms in total. The van der Waals surface area contributed by atoms with Crippen LogP contribution in [0.5, 0.6) is 0 Å². The molecule has 0 saturated heterocycles. The molecule has 2 aromatic carbocycles. The fraction of sp³-hybridized carbons (Fsp3) is 0.235. The van der Waals surface area contributed by atoms with Crippen LogP contribution in [-0.4, -0.2) is 20.7 Å². The highest BCUT2D eigenvalue weighted by molar-refractivity contribution is 7.89. The number of hydrogen-bond donors (Lipinski definition) is 1. The molecular weight excluding hydrogens is 317 g/mol. The monoisotopic (exact) mass is 335 g/mol. The summed E-state index contributed by atoms with van der Waals surface area (Å²) in [4.78, 5) is 11.7. The zero-order valence-electron chi connectivity index (χ0n) is 12.9. The van der Waals surface area contributed by atoms with Gasteiger partial charge in [-0.3, -0.25) is 4.79 Å². The molecular formula is C17H18FNO3S. The van der Waals surface area contributed by atoms with Gasteiger partial charge in [0.15, 0.2) is 5.78 Å². The van der Waals surface area contributed by atoms with Gasteiger partial charge in [0.1, 0.15) is 10.7 Å². The summed E-state index contributed by atoms with van der Waals surface area (Å²) >= 11 is 0. The summed E-state index contributed by atoms with van der Waals surface area (Å²) in [5, 5.41) is 0. The highest BCUT2D eigenvalue weighted by atomic mass is 32.2. The van der Waals surface area contributed by atoms with Crippen LogP contribution in [0.25, 0.3) is 0 Å². The molecule has 0 spiro atoms. The summed E-state index contributed by atoms with van der Waals surface area (Å²) in [5.74, 6) is -0.959. The van der Waals surface area contributed by atoms with Gasteiger partial charge in [-0.2, -0.15) is 0 Å². The molecule has 0 aliphatic carbocycles. The molecule has 122 valence electrons. The predicted molar refractivity (Wildman–Crippen MR) is 86.5 cm³/mol. The minimum absolute atomic E-state index is 0.262. The summed E-state index contributed by atoms with van der Waals surface area (Å²) < 4.78 is 39.8. The lowest BCUT2D eigenvalue weighted by atomic mass is 9.99. The standard InChI is InChI=1S/C17H18FNO3S/c1-12(2)13-6-5-7-14(10-13)16(20)11-19-23(21,22)17-9-4-3-8-15(17)18/h3-10,12,19H,11H2,1-2H3. The molecule has 6 heteroatoms. The van der Waals surface area contributed by atoms with Gasteiger partial charge >= 0.3 is 0 Å². The van der Waals surface area contributed by atoms with Gasteiger partial charge in [-0.15, -0.1) is 0 Å². The Balaban J connectivity index is 2.13. The van der Waals surface area contributed by atoms with Crippen LogP contribution in [0.15, 0.2) is 53.4 Å². The Hall–Kier alpha value is -2.05. The van der Waals surface area contributed by atoms with Gasteiger partial charge in [0.05, 0.1) is 6.54 Å². The van der Waals surface area contributed by atoms with Gasteiger partial charge in [-0.1, -0.05) is 44.2 Å². The molecule has 0 fully saturated rings. The first-order valence-corrected chi connectivity index (χ1v) is 8.67. The number of sulfonamides is 1. The highest BCUT2D eigenvalue weighted by Crippen LogP contribution is 2.16. The van der Waals surface area contributed by atoms with Crippen LogP contribution in [0, 0.1) is 5.82 Å². The topological polar surface area (TPSA) is 63.2 Å². The average molecular weight is 335 g/mol. The number of ketones is 1. The largest absolute Gasteiger partial charge is 0.293 e. The van der Waals surface area contributed by atoms with Gasteiger partial charge in [0.2, 0.25) is 10.0 Å². The van der Waals surface area contributed by atoms with Crippen molar-refractivity contribution in [2.75, 3.05) is 6.54 Å². The van der Waals surface area contributed by atoms with Gasteiger partial charge in [0, 0.05) is 5.56 Å². The number of carbonyl (C=O) groups is 1. The van der Waals surface area contributed by atoms with Crippen molar-refractivity contribution >= 4 is 15.8 Å². The molecule has 2 rings (SSSR count). The van der Waals surface area contributed by atoms with Crippen LogP contribution >= 0.6 is 0 Å². The molecule has 0 radical (unpaired) electrons. The van der Waals surface area contributed by atoms with E-state index in [0.717, 1.165) is 17.7 Å². The van der Waals surface area contributed by atoms with E-state index in [1.54, 1.807) is 18.2 Å². The van der Waals surface area contributed by atoms with Crippen molar-refractivity contribution in [2.24, 2.45) is 0 Å². The second-order valence-corrected chi connectivity index (χ2v) is 7.19. The zero-order chi connectivity index (χ0) is 17.0. The lowest BCUT2D eigenvalue weighted by molar-refractivity contribution is 0.0997. The lowest BCUT2D eigenvalue weighted by Gasteiger charge is -2.09. The number of hydrogen-bond acceptors (Lipinski definition) is 3. The zero-order valence-corrected chi connectivity index (χ0v) is 13.7. The van der Waals surface area contributed by atoms with E-state index in [4.69, 9.17) is 0 Å². The third kappa shape index (κ3) is 4.24. The lowest BCUT2D eigenvalue weighted by Crippen LogP contribution is -2.30. The maximum atomic E-state index is 13.6. The van der Waals surface area contributed by atoms with Crippen LogP contribution in [-0.2, 0) is 10.0 Å². The molecule has 0 aliphatic heterocycles. The molecule has 0 aliphatic rings. The maximum absolute atomic E-state index is 13.6. The summed E-state index contributed by atoms with van der Waals surface area (Å²) in [6, 6.07) is 12.1. The first kappa shape index (κ1) is 17.3. The fourth-order valence-corrected chi connectivity index (χ4v) is 3.13. The second kappa shape index (κ2) is 7.02. The van der Waals surface area contributed by atoms with Crippen molar-refractivity contribution in [3.8, 4) is 0 Å². The van der Waals surface area contributed by atoms with Gasteiger partial charge < -0.3 is 0 Å². The van der Waals surface area contributed by atoms with Crippen LogP contribution in [0.2, 0.25) is 0 Å². The number of Topliss-reactive ketones (excluding diaryl/α,β-unsaturated/α-hetero) is 1. The van der Waals surface area contributed by atoms with E-state index >= 15 is 0 Å². The van der Waals surface area contributed by atoms with Crippen molar-refractivity contribution in [3.05, 3.63) is 65.5 Å². The fourth-order valence-electron chi connectivity index (χ4n) is 2.07. The summed E-state index contributed by atoms with van der Waals surface area (Å²) in [6.07, 6.45) is 0. The van der Waals surface area contributed by atoms with Crippen LogP contribution < -0.4 is 4.72 Å². The van der Waals surface area contributed by atoms with Gasteiger partial charge in [-0.05, 0) is 29.7 Å². The van der Waals surface area contributed by atoms with Crippen LogP contribution in [0.1, 0.15) is 35.7 Å². The minimum atomic E-state index is -4.07. The normalized spacial score (nSPS) is 11.7. The Labute approximate surface area is 135 Å².